The molecule has 3 unspecified atom stereocenters. The molecule has 0 aromatic carbocycles. The molecule has 1 fully saturated rings. The van der Waals surface area contributed by atoms with Gasteiger partial charge >= 0.3 is 5.97 Å². The first-order valence-electron chi connectivity index (χ1n) is 8.07. The Morgan fingerprint density at radius 2 is 1.86 bits per heavy atom. The Labute approximate surface area is 135 Å². The predicted octanol–water partition coefficient (Wildman–Crippen LogP) is 2.71. The molecule has 128 valence electrons. The van der Waals surface area contributed by atoms with E-state index in [1.54, 1.807) is 13.8 Å². The average Bonchev–Trinajstić information content (AvgIpc) is 2.32. The summed E-state index contributed by atoms with van der Waals surface area (Å²) in [4.78, 5) is 23.9. The highest BCUT2D eigenvalue weighted by atomic mass is 28.4. The van der Waals surface area contributed by atoms with Gasteiger partial charge in [0.05, 0.1) is 30.6 Å². The van der Waals surface area contributed by atoms with Crippen molar-refractivity contribution in [2.75, 3.05) is 6.61 Å². The average molecular weight is 330 g/mol. The summed E-state index contributed by atoms with van der Waals surface area (Å²) in [5.41, 5.74) is 0. The molecular formula is C16H31NO4Si. The van der Waals surface area contributed by atoms with Gasteiger partial charge in [0.15, 0.2) is 8.32 Å². The number of carbonyl (C=O) groups is 2. The van der Waals surface area contributed by atoms with Gasteiger partial charge in [0.2, 0.25) is 5.91 Å². The van der Waals surface area contributed by atoms with Gasteiger partial charge in [-0.25, -0.2) is 0 Å². The third-order valence-electron chi connectivity index (χ3n) is 4.99. The molecule has 0 radical (unpaired) electrons. The summed E-state index contributed by atoms with van der Waals surface area (Å²) in [7, 11) is -1.95. The van der Waals surface area contributed by atoms with Gasteiger partial charge in [-0.05, 0) is 38.9 Å². The van der Waals surface area contributed by atoms with Gasteiger partial charge in [-0.15, -0.1) is 0 Å². The zero-order valence-electron chi connectivity index (χ0n) is 15.1. The molecule has 1 amide bonds. The van der Waals surface area contributed by atoms with Crippen LogP contribution in [0.25, 0.3) is 0 Å². The fraction of sp³-hybridized carbons (Fsp3) is 0.875. The molecule has 4 atom stereocenters. The molecule has 1 aliphatic heterocycles. The van der Waals surface area contributed by atoms with E-state index in [2.05, 4.69) is 39.2 Å². The molecule has 22 heavy (non-hydrogen) atoms. The Morgan fingerprint density at radius 3 is 2.27 bits per heavy atom. The molecule has 1 aliphatic rings. The van der Waals surface area contributed by atoms with E-state index in [1.807, 2.05) is 6.92 Å². The van der Waals surface area contributed by atoms with E-state index in [9.17, 15) is 9.59 Å². The summed E-state index contributed by atoms with van der Waals surface area (Å²) in [6.07, 6.45) is -0.198. The summed E-state index contributed by atoms with van der Waals surface area (Å²) in [6, 6.07) is -0.202. The van der Waals surface area contributed by atoms with Crippen molar-refractivity contribution in [1.29, 1.82) is 0 Å². The molecule has 1 heterocycles. The van der Waals surface area contributed by atoms with Gasteiger partial charge in [-0.2, -0.15) is 0 Å². The lowest BCUT2D eigenvalue weighted by Crippen LogP contribution is -2.66. The van der Waals surface area contributed by atoms with Gasteiger partial charge in [-0.3, -0.25) is 9.59 Å². The van der Waals surface area contributed by atoms with E-state index in [4.69, 9.17) is 9.16 Å². The van der Waals surface area contributed by atoms with Gasteiger partial charge in [-0.1, -0.05) is 20.8 Å². The van der Waals surface area contributed by atoms with Crippen molar-refractivity contribution in [3.05, 3.63) is 0 Å². The normalized spacial score (nSPS) is 25.0. The Hall–Kier alpha value is -0.883. The van der Waals surface area contributed by atoms with Crippen LogP contribution in [0.4, 0.5) is 0 Å². The number of β-lactam (4-membered cyclic amide) rings is 1. The van der Waals surface area contributed by atoms with E-state index < -0.39 is 8.32 Å². The SMILES string of the molecule is CCOC(=O)C(C)C1NC(=O)C1[C@@H](C)O[Si](C)(C)C(C)(C)C. The maximum Gasteiger partial charge on any atom is 0.310 e. The zero-order chi connectivity index (χ0) is 17.3. The third-order valence-corrected chi connectivity index (χ3v) is 9.56. The van der Waals surface area contributed by atoms with Crippen molar-refractivity contribution in [3.63, 3.8) is 0 Å². The fourth-order valence-corrected chi connectivity index (χ4v) is 3.92. The second-order valence-corrected chi connectivity index (χ2v) is 12.4. The number of amides is 1. The lowest BCUT2D eigenvalue weighted by atomic mass is 9.79. The van der Waals surface area contributed by atoms with Crippen LogP contribution in [0.1, 0.15) is 41.5 Å². The molecule has 1 N–H and O–H groups in total. The van der Waals surface area contributed by atoms with E-state index >= 15 is 0 Å². The lowest BCUT2D eigenvalue weighted by Gasteiger charge is -2.46. The first-order chi connectivity index (χ1) is 9.92. The van der Waals surface area contributed by atoms with Gasteiger partial charge < -0.3 is 14.5 Å². The molecule has 0 aromatic heterocycles. The van der Waals surface area contributed by atoms with Gasteiger partial charge in [0, 0.05) is 0 Å². The molecule has 0 spiro atoms. The van der Waals surface area contributed by atoms with E-state index in [0.717, 1.165) is 0 Å². The summed E-state index contributed by atoms with van der Waals surface area (Å²) in [6.45, 7) is 16.7. The van der Waals surface area contributed by atoms with Crippen LogP contribution in [0, 0.1) is 11.8 Å². The highest BCUT2D eigenvalue weighted by Crippen LogP contribution is 2.39. The summed E-state index contributed by atoms with van der Waals surface area (Å²) in [5.74, 6) is -0.939. The maximum absolute atomic E-state index is 12.0. The van der Waals surface area contributed by atoms with E-state index in [1.165, 1.54) is 0 Å². The summed E-state index contributed by atoms with van der Waals surface area (Å²) < 4.78 is 11.4. The van der Waals surface area contributed by atoms with E-state index in [0.29, 0.717) is 6.61 Å². The standard InChI is InChI=1S/C16H31NO4Si/c1-9-20-15(19)10(2)13-12(14(18)17-13)11(3)21-22(7,8)16(4,5)6/h10-13H,9H2,1-8H3,(H,17,18)/t10?,11-,12?,13?/m1/s1. The Bertz CT molecular complexity index is 430. The second-order valence-electron chi connectivity index (χ2n) is 7.68. The van der Waals surface area contributed by atoms with Crippen LogP contribution in [0.15, 0.2) is 0 Å². The van der Waals surface area contributed by atoms with Crippen molar-refractivity contribution < 1.29 is 18.8 Å². The third kappa shape index (κ3) is 3.90. The molecule has 0 bridgehead atoms. The van der Waals surface area contributed by atoms with Crippen LogP contribution in [0.3, 0.4) is 0 Å². The highest BCUT2D eigenvalue weighted by molar-refractivity contribution is 6.74. The topological polar surface area (TPSA) is 64.6 Å². The molecule has 6 heteroatoms. The Morgan fingerprint density at radius 1 is 1.32 bits per heavy atom. The van der Waals surface area contributed by atoms with E-state index in [-0.39, 0.29) is 40.9 Å². The van der Waals surface area contributed by atoms with Crippen molar-refractivity contribution in [3.8, 4) is 0 Å². The number of carbonyl (C=O) groups excluding carboxylic acids is 2. The smallest absolute Gasteiger partial charge is 0.310 e. The second kappa shape index (κ2) is 6.70. The van der Waals surface area contributed by atoms with Crippen LogP contribution in [0.5, 0.6) is 0 Å². The van der Waals surface area contributed by atoms with Crippen molar-refractivity contribution in [2.45, 2.75) is 71.8 Å². The number of hydrogen-bond donors (Lipinski definition) is 1. The molecule has 1 rings (SSSR count). The van der Waals surface area contributed by atoms with Crippen molar-refractivity contribution >= 4 is 20.2 Å². The largest absolute Gasteiger partial charge is 0.466 e. The highest BCUT2D eigenvalue weighted by Gasteiger charge is 2.50. The molecule has 0 saturated carbocycles. The van der Waals surface area contributed by atoms with Crippen LogP contribution >= 0.6 is 0 Å². The number of rotatable bonds is 6. The van der Waals surface area contributed by atoms with Crippen LogP contribution < -0.4 is 5.32 Å². The Balaban J connectivity index is 2.77. The zero-order valence-corrected chi connectivity index (χ0v) is 16.1. The quantitative estimate of drug-likeness (QED) is 0.462. The molecule has 0 aromatic rings. The van der Waals surface area contributed by atoms with Crippen LogP contribution in [0.2, 0.25) is 18.1 Å². The molecule has 5 nitrogen and oxygen atoms in total. The number of ether oxygens (including phenoxy) is 1. The van der Waals surface area contributed by atoms with Crippen LogP contribution in [-0.4, -0.2) is 38.9 Å². The lowest BCUT2D eigenvalue weighted by molar-refractivity contribution is -0.155. The minimum Gasteiger partial charge on any atom is -0.466 e. The van der Waals surface area contributed by atoms with Crippen LogP contribution in [-0.2, 0) is 18.8 Å². The summed E-state index contributed by atoms with van der Waals surface area (Å²) >= 11 is 0. The fourth-order valence-electron chi connectivity index (χ4n) is 2.49. The van der Waals surface area contributed by atoms with Crippen molar-refractivity contribution in [2.24, 2.45) is 11.8 Å². The van der Waals surface area contributed by atoms with Crippen molar-refractivity contribution in [1.82, 2.24) is 5.32 Å². The minimum absolute atomic E-state index is 0.0349. The van der Waals surface area contributed by atoms with Gasteiger partial charge in [0.1, 0.15) is 0 Å². The molecule has 1 saturated heterocycles. The molecule has 0 aliphatic carbocycles. The Kier molecular flexibility index (Phi) is 5.84. The monoisotopic (exact) mass is 329 g/mol. The molecular weight excluding hydrogens is 298 g/mol. The maximum atomic E-state index is 12.0. The number of hydrogen-bond acceptors (Lipinski definition) is 4. The first-order valence-corrected chi connectivity index (χ1v) is 11.0. The number of nitrogens with one attached hydrogen (secondary N) is 1. The predicted molar refractivity (Wildman–Crippen MR) is 89.0 cm³/mol. The first kappa shape index (κ1) is 19.2. The number of esters is 1. The summed E-state index contributed by atoms with van der Waals surface area (Å²) in [5, 5.41) is 2.92. The minimum atomic E-state index is -1.95. The van der Waals surface area contributed by atoms with Gasteiger partial charge in [0.25, 0.3) is 0 Å².